The van der Waals surface area contributed by atoms with E-state index in [2.05, 4.69) is 40.8 Å². The van der Waals surface area contributed by atoms with Crippen LogP contribution in [-0.2, 0) is 4.74 Å². The van der Waals surface area contributed by atoms with Crippen molar-refractivity contribution >= 4 is 23.3 Å². The fourth-order valence-corrected chi connectivity index (χ4v) is 3.14. The Labute approximate surface area is 155 Å². The Bertz CT molecular complexity index is 733. The summed E-state index contributed by atoms with van der Waals surface area (Å²) in [5.74, 6) is 0.253. The average molecular weight is 353 g/mol. The van der Waals surface area contributed by atoms with E-state index in [1.54, 1.807) is 12.3 Å². The Hall–Kier alpha value is -2.53. The predicted octanol–water partition coefficient (Wildman–Crippen LogP) is 3.83. The van der Waals surface area contributed by atoms with Crippen LogP contribution in [0.15, 0.2) is 47.5 Å². The molecule has 3 rings (SSSR count). The first-order valence-electron chi connectivity index (χ1n) is 9.26. The van der Waals surface area contributed by atoms with Crippen LogP contribution in [0, 0.1) is 0 Å². The van der Waals surface area contributed by atoms with E-state index in [4.69, 9.17) is 4.74 Å². The highest BCUT2D eigenvalue weighted by Crippen LogP contribution is 2.25. The van der Waals surface area contributed by atoms with E-state index in [-0.39, 0.29) is 5.75 Å². The summed E-state index contributed by atoms with van der Waals surface area (Å²) in [6.07, 6.45) is 1.71. The number of nitrogens with zero attached hydrogens (tertiary/aromatic N) is 3. The fourth-order valence-electron chi connectivity index (χ4n) is 3.14. The number of benzene rings is 2. The molecule has 0 saturated carbocycles. The molecule has 0 unspecified atom stereocenters. The molecule has 0 aliphatic carbocycles. The van der Waals surface area contributed by atoms with Crippen molar-refractivity contribution in [2.75, 3.05) is 49.2 Å². The van der Waals surface area contributed by atoms with Gasteiger partial charge in [0.1, 0.15) is 5.75 Å². The third-order valence-corrected chi connectivity index (χ3v) is 4.72. The Balaban J connectivity index is 1.69. The minimum absolute atomic E-state index is 0.253. The molecule has 2 aromatic rings. The molecule has 1 saturated heterocycles. The molecule has 0 bridgehead atoms. The van der Waals surface area contributed by atoms with E-state index >= 15 is 0 Å². The van der Waals surface area contributed by atoms with E-state index in [1.807, 2.05) is 24.3 Å². The van der Waals surface area contributed by atoms with Gasteiger partial charge in [0.25, 0.3) is 0 Å². The van der Waals surface area contributed by atoms with Crippen molar-refractivity contribution in [3.8, 4) is 5.75 Å². The Kier molecular flexibility index (Phi) is 6.12. The molecule has 0 atom stereocenters. The molecular weight excluding hydrogens is 326 g/mol. The van der Waals surface area contributed by atoms with Crippen molar-refractivity contribution in [2.24, 2.45) is 4.99 Å². The largest absolute Gasteiger partial charge is 0.507 e. The second-order valence-electron chi connectivity index (χ2n) is 6.29. The van der Waals surface area contributed by atoms with Gasteiger partial charge in [-0.25, -0.2) is 0 Å². The maximum atomic E-state index is 10.3. The number of phenolic OH excluding ortho intramolecular Hbond substituents is 1. The highest BCUT2D eigenvalue weighted by Gasteiger charge is 2.10. The van der Waals surface area contributed by atoms with Gasteiger partial charge in [0, 0.05) is 55.4 Å². The highest BCUT2D eigenvalue weighted by atomic mass is 16.5. The summed E-state index contributed by atoms with van der Waals surface area (Å²) in [5, 5.41) is 10.3. The normalized spacial score (nSPS) is 14.8. The predicted molar refractivity (Wildman–Crippen MR) is 108 cm³/mol. The topological polar surface area (TPSA) is 48.3 Å². The maximum absolute atomic E-state index is 10.3. The van der Waals surface area contributed by atoms with E-state index < -0.39 is 0 Å². The lowest BCUT2D eigenvalue weighted by molar-refractivity contribution is 0.122. The van der Waals surface area contributed by atoms with Crippen molar-refractivity contribution in [3.63, 3.8) is 0 Å². The standard InChI is InChI=1S/C21H27N3O2/c1-3-23(4-2)20-8-5-17(21(25)15-20)16-22-18-6-9-19(10-7-18)24-11-13-26-14-12-24/h5-10,15-16,25H,3-4,11-14H2,1-2H3. The molecule has 5 nitrogen and oxygen atoms in total. The van der Waals surface area contributed by atoms with Gasteiger partial charge in [-0.2, -0.15) is 0 Å². The number of anilines is 2. The second kappa shape index (κ2) is 8.72. The Morgan fingerprint density at radius 1 is 1.08 bits per heavy atom. The van der Waals surface area contributed by atoms with Crippen molar-refractivity contribution in [2.45, 2.75) is 13.8 Å². The first kappa shape index (κ1) is 18.3. The van der Waals surface area contributed by atoms with Crippen LogP contribution in [0.5, 0.6) is 5.75 Å². The van der Waals surface area contributed by atoms with E-state index in [0.29, 0.717) is 0 Å². The molecule has 1 N–H and O–H groups in total. The highest BCUT2D eigenvalue weighted by molar-refractivity contribution is 5.86. The lowest BCUT2D eigenvalue weighted by Gasteiger charge is -2.28. The molecule has 0 aromatic heterocycles. The zero-order valence-electron chi connectivity index (χ0n) is 15.6. The SMILES string of the molecule is CCN(CC)c1ccc(C=Nc2ccc(N3CCOCC3)cc2)c(O)c1. The van der Waals surface area contributed by atoms with Gasteiger partial charge < -0.3 is 19.6 Å². The van der Waals surface area contributed by atoms with Crippen molar-refractivity contribution < 1.29 is 9.84 Å². The summed E-state index contributed by atoms with van der Waals surface area (Å²) in [5.41, 5.74) is 3.81. The number of aromatic hydroxyl groups is 1. The lowest BCUT2D eigenvalue weighted by atomic mass is 10.1. The number of aliphatic imine (C=N–C) groups is 1. The van der Waals surface area contributed by atoms with Crippen LogP contribution >= 0.6 is 0 Å². The molecule has 0 radical (unpaired) electrons. The molecule has 2 aromatic carbocycles. The van der Waals surface area contributed by atoms with Crippen molar-refractivity contribution in [1.29, 1.82) is 0 Å². The molecule has 1 heterocycles. The molecule has 0 spiro atoms. The molecule has 1 fully saturated rings. The summed E-state index contributed by atoms with van der Waals surface area (Å²) >= 11 is 0. The van der Waals surface area contributed by atoms with Crippen LogP contribution in [0.2, 0.25) is 0 Å². The number of hydrogen-bond donors (Lipinski definition) is 1. The zero-order chi connectivity index (χ0) is 18.4. The molecule has 1 aliphatic heterocycles. The molecule has 0 amide bonds. The number of morpholine rings is 1. The smallest absolute Gasteiger partial charge is 0.126 e. The van der Waals surface area contributed by atoms with E-state index in [9.17, 15) is 5.11 Å². The van der Waals surface area contributed by atoms with Crippen molar-refractivity contribution in [1.82, 2.24) is 0 Å². The van der Waals surface area contributed by atoms with E-state index in [1.165, 1.54) is 5.69 Å². The molecule has 138 valence electrons. The van der Waals surface area contributed by atoms with E-state index in [0.717, 1.165) is 56.3 Å². The van der Waals surface area contributed by atoms with Crippen LogP contribution in [0.3, 0.4) is 0 Å². The summed E-state index contributed by atoms with van der Waals surface area (Å²) in [6, 6.07) is 13.9. The second-order valence-corrected chi connectivity index (χ2v) is 6.29. The van der Waals surface area contributed by atoms with Crippen LogP contribution in [0.1, 0.15) is 19.4 Å². The minimum atomic E-state index is 0.253. The van der Waals surface area contributed by atoms with Gasteiger partial charge in [0.15, 0.2) is 0 Å². The molecule has 1 aliphatic rings. The third-order valence-electron chi connectivity index (χ3n) is 4.72. The fraction of sp³-hybridized carbons (Fsp3) is 0.381. The third kappa shape index (κ3) is 4.35. The van der Waals surface area contributed by atoms with Gasteiger partial charge in [0.05, 0.1) is 18.9 Å². The minimum Gasteiger partial charge on any atom is -0.507 e. The van der Waals surface area contributed by atoms with Gasteiger partial charge in [0.2, 0.25) is 0 Å². The Morgan fingerprint density at radius 2 is 1.77 bits per heavy atom. The molecular formula is C21H27N3O2. The zero-order valence-corrected chi connectivity index (χ0v) is 15.6. The summed E-state index contributed by atoms with van der Waals surface area (Å²) < 4.78 is 5.39. The van der Waals surface area contributed by atoms with Gasteiger partial charge in [-0.3, -0.25) is 4.99 Å². The summed E-state index contributed by atoms with van der Waals surface area (Å²) in [6.45, 7) is 9.46. The monoisotopic (exact) mass is 353 g/mol. The van der Waals surface area contributed by atoms with Crippen LogP contribution in [0.4, 0.5) is 17.1 Å². The van der Waals surface area contributed by atoms with Gasteiger partial charge >= 0.3 is 0 Å². The first-order chi connectivity index (χ1) is 12.7. The molecule has 26 heavy (non-hydrogen) atoms. The van der Waals surface area contributed by atoms with Crippen molar-refractivity contribution in [3.05, 3.63) is 48.0 Å². The van der Waals surface area contributed by atoms with Crippen LogP contribution < -0.4 is 9.80 Å². The lowest BCUT2D eigenvalue weighted by Crippen LogP contribution is -2.36. The number of rotatable bonds is 6. The average Bonchev–Trinajstić information content (AvgIpc) is 2.69. The number of hydrogen-bond acceptors (Lipinski definition) is 5. The quantitative estimate of drug-likeness (QED) is 0.802. The Morgan fingerprint density at radius 3 is 2.38 bits per heavy atom. The summed E-state index contributed by atoms with van der Waals surface area (Å²) in [4.78, 5) is 9.01. The van der Waals surface area contributed by atoms with Gasteiger partial charge in [-0.1, -0.05) is 0 Å². The first-order valence-corrected chi connectivity index (χ1v) is 9.26. The van der Waals surface area contributed by atoms with Gasteiger partial charge in [-0.05, 0) is 50.2 Å². The number of phenols is 1. The van der Waals surface area contributed by atoms with Gasteiger partial charge in [-0.15, -0.1) is 0 Å². The number of ether oxygens (including phenoxy) is 1. The summed E-state index contributed by atoms with van der Waals surface area (Å²) in [7, 11) is 0. The van der Waals surface area contributed by atoms with Crippen LogP contribution in [-0.4, -0.2) is 50.7 Å². The molecule has 5 heteroatoms. The van der Waals surface area contributed by atoms with Crippen LogP contribution in [0.25, 0.3) is 0 Å². The maximum Gasteiger partial charge on any atom is 0.126 e.